The summed E-state index contributed by atoms with van der Waals surface area (Å²) in [7, 11) is 0. The molecule has 0 fully saturated rings. The molecule has 0 aliphatic carbocycles. The zero-order chi connectivity index (χ0) is 5.70. The van der Waals surface area contributed by atoms with Crippen molar-refractivity contribution in [3.8, 4) is 0 Å². The third-order valence-corrected chi connectivity index (χ3v) is 0.691. The molecule has 0 bridgehead atoms. The molecule has 0 spiro atoms. The monoisotopic (exact) mass is 119 g/mol. The first-order valence-electron chi connectivity index (χ1n) is 2.11. The van der Waals surface area contributed by atoms with Crippen LogP contribution < -0.4 is 0 Å². The molecule has 0 aromatic heterocycles. The summed E-state index contributed by atoms with van der Waals surface area (Å²) < 4.78 is 3.39. The fourth-order valence-corrected chi connectivity index (χ4v) is 0.294. The van der Waals surface area contributed by atoms with Crippen LogP contribution in [0.15, 0.2) is 4.40 Å². The van der Waals surface area contributed by atoms with Crippen LogP contribution in [0, 0.1) is 0 Å². The van der Waals surface area contributed by atoms with Crippen LogP contribution in [0.25, 0.3) is 0 Å². The van der Waals surface area contributed by atoms with E-state index in [4.69, 9.17) is 5.11 Å². The average molecular weight is 119 g/mol. The van der Waals surface area contributed by atoms with E-state index in [0.29, 0.717) is 6.42 Å². The quantitative estimate of drug-likeness (QED) is 0.406. The highest BCUT2D eigenvalue weighted by molar-refractivity contribution is 7.78. The van der Waals surface area contributed by atoms with E-state index in [1.165, 1.54) is 0 Å². The van der Waals surface area contributed by atoms with Crippen LogP contribution in [0.4, 0.5) is 0 Å². The molecule has 1 N–H and O–H groups in total. The van der Waals surface area contributed by atoms with Crippen molar-refractivity contribution in [2.45, 2.75) is 19.4 Å². The smallest absolute Gasteiger partial charge is 0.0561 e. The lowest BCUT2D eigenvalue weighted by Crippen LogP contribution is -1.98. The van der Waals surface area contributed by atoms with Crippen LogP contribution in [0.1, 0.15) is 13.3 Å². The third-order valence-electron chi connectivity index (χ3n) is 0.528. The van der Waals surface area contributed by atoms with Crippen molar-refractivity contribution < 1.29 is 5.11 Å². The van der Waals surface area contributed by atoms with E-state index >= 15 is 0 Å². The first-order valence-corrected chi connectivity index (χ1v) is 2.51. The maximum absolute atomic E-state index is 8.56. The average Bonchev–Trinajstić information content (AvgIpc) is 1.61. The minimum atomic E-state index is -0.295. The van der Waals surface area contributed by atoms with Crippen molar-refractivity contribution in [3.63, 3.8) is 0 Å². The molecular formula is C4H9NOS. The topological polar surface area (TPSA) is 32.6 Å². The van der Waals surface area contributed by atoms with E-state index in [9.17, 15) is 0 Å². The Bertz CT molecular complexity index is 62.7. The molecular weight excluding hydrogens is 110 g/mol. The molecule has 0 radical (unpaired) electrons. The normalized spacial score (nSPS) is 15.3. The van der Waals surface area contributed by atoms with Gasteiger partial charge in [-0.2, -0.15) is 0 Å². The van der Waals surface area contributed by atoms with E-state index in [2.05, 4.69) is 17.2 Å². The third kappa shape index (κ3) is 5.98. The Morgan fingerprint density at radius 3 is 2.71 bits per heavy atom. The maximum Gasteiger partial charge on any atom is 0.0561 e. The number of thiol groups is 1. The molecule has 7 heavy (non-hydrogen) atoms. The second-order valence-electron chi connectivity index (χ2n) is 1.38. The molecule has 42 valence electrons. The summed E-state index contributed by atoms with van der Waals surface area (Å²) in [6.45, 7) is 1.70. The molecule has 1 unspecified atom stereocenters. The molecule has 0 aliphatic heterocycles. The highest BCUT2D eigenvalue weighted by atomic mass is 32.1. The molecule has 0 saturated heterocycles. The van der Waals surface area contributed by atoms with Crippen LogP contribution in [0.3, 0.4) is 0 Å². The molecule has 0 amide bonds. The Hall–Kier alpha value is -0.0200. The van der Waals surface area contributed by atoms with Gasteiger partial charge in [-0.15, -0.1) is 0 Å². The van der Waals surface area contributed by atoms with E-state index in [-0.39, 0.29) is 6.10 Å². The predicted molar refractivity (Wildman–Crippen MR) is 33.8 cm³/mol. The van der Waals surface area contributed by atoms with Gasteiger partial charge in [-0.25, -0.2) is 4.40 Å². The molecule has 0 heterocycles. The SMILES string of the molecule is CC(O)C/C=N/S. The van der Waals surface area contributed by atoms with Gasteiger partial charge in [-0.3, -0.25) is 0 Å². The first kappa shape index (κ1) is 6.98. The van der Waals surface area contributed by atoms with Crippen molar-refractivity contribution in [2.75, 3.05) is 0 Å². The number of hydrogen-bond acceptors (Lipinski definition) is 3. The van der Waals surface area contributed by atoms with Gasteiger partial charge in [0.15, 0.2) is 0 Å². The summed E-state index contributed by atoms with van der Waals surface area (Å²) in [4.78, 5) is 0. The fraction of sp³-hybridized carbons (Fsp3) is 0.750. The molecule has 0 rings (SSSR count). The summed E-state index contributed by atoms with van der Waals surface area (Å²) in [6, 6.07) is 0. The Balaban J connectivity index is 2.97. The number of aliphatic hydroxyl groups is 1. The Morgan fingerprint density at radius 2 is 2.57 bits per heavy atom. The molecule has 0 aromatic rings. The van der Waals surface area contributed by atoms with Gasteiger partial charge < -0.3 is 5.11 Å². The summed E-state index contributed by atoms with van der Waals surface area (Å²) in [6.07, 6.45) is 1.85. The largest absolute Gasteiger partial charge is 0.393 e. The van der Waals surface area contributed by atoms with Gasteiger partial charge in [0.05, 0.1) is 6.10 Å². The molecule has 1 atom stereocenters. The number of hydrogen-bond donors (Lipinski definition) is 2. The Morgan fingerprint density at radius 1 is 2.00 bits per heavy atom. The molecule has 3 heteroatoms. The second-order valence-corrected chi connectivity index (χ2v) is 1.61. The van der Waals surface area contributed by atoms with Gasteiger partial charge >= 0.3 is 0 Å². The van der Waals surface area contributed by atoms with Crippen molar-refractivity contribution in [1.29, 1.82) is 0 Å². The maximum atomic E-state index is 8.56. The van der Waals surface area contributed by atoms with Gasteiger partial charge in [0.2, 0.25) is 0 Å². The standard InChI is InChI=1S/C4H9NOS/c1-4(6)2-3-5-7/h3-4,6-7H,2H2,1H3/b5-3+. The minimum Gasteiger partial charge on any atom is -0.393 e. The number of rotatable bonds is 2. The van der Waals surface area contributed by atoms with Crippen LogP contribution in [-0.4, -0.2) is 17.4 Å². The lowest BCUT2D eigenvalue weighted by atomic mass is 10.3. The van der Waals surface area contributed by atoms with E-state index < -0.39 is 0 Å². The molecule has 0 aromatic carbocycles. The summed E-state index contributed by atoms with van der Waals surface area (Å²) >= 11 is 3.55. The van der Waals surface area contributed by atoms with Crippen molar-refractivity contribution >= 4 is 19.0 Å². The second kappa shape index (κ2) is 4.15. The lowest BCUT2D eigenvalue weighted by Gasteiger charge is -1.92. The first-order chi connectivity index (χ1) is 3.27. The minimum absolute atomic E-state index is 0.295. The molecule has 0 saturated carbocycles. The number of nitrogens with zero attached hydrogens (tertiary/aromatic N) is 1. The van der Waals surface area contributed by atoms with Crippen LogP contribution in [0.5, 0.6) is 0 Å². The van der Waals surface area contributed by atoms with Crippen LogP contribution >= 0.6 is 12.8 Å². The lowest BCUT2D eigenvalue weighted by molar-refractivity contribution is 0.204. The van der Waals surface area contributed by atoms with E-state index in [0.717, 1.165) is 0 Å². The Kier molecular flexibility index (Phi) is 4.14. The van der Waals surface area contributed by atoms with Gasteiger partial charge in [0.25, 0.3) is 0 Å². The zero-order valence-electron chi connectivity index (χ0n) is 4.20. The van der Waals surface area contributed by atoms with Crippen molar-refractivity contribution in [1.82, 2.24) is 0 Å². The van der Waals surface area contributed by atoms with E-state index in [1.54, 1.807) is 13.1 Å². The zero-order valence-corrected chi connectivity index (χ0v) is 5.10. The van der Waals surface area contributed by atoms with Gasteiger partial charge in [-0.05, 0) is 19.7 Å². The summed E-state index contributed by atoms with van der Waals surface area (Å²) in [5, 5.41) is 8.56. The summed E-state index contributed by atoms with van der Waals surface area (Å²) in [5.41, 5.74) is 0. The van der Waals surface area contributed by atoms with Crippen molar-refractivity contribution in [2.24, 2.45) is 4.40 Å². The highest BCUT2D eigenvalue weighted by Gasteiger charge is 1.86. The predicted octanol–water partition coefficient (Wildman–Crippen LogP) is 0.673. The van der Waals surface area contributed by atoms with Crippen molar-refractivity contribution in [3.05, 3.63) is 0 Å². The summed E-state index contributed by atoms with van der Waals surface area (Å²) in [5.74, 6) is 0. The molecule has 0 aliphatic rings. The van der Waals surface area contributed by atoms with E-state index in [1.807, 2.05) is 0 Å². The van der Waals surface area contributed by atoms with Crippen LogP contribution in [0.2, 0.25) is 0 Å². The highest BCUT2D eigenvalue weighted by Crippen LogP contribution is 1.84. The molecule has 2 nitrogen and oxygen atoms in total. The van der Waals surface area contributed by atoms with Gasteiger partial charge in [0.1, 0.15) is 0 Å². The van der Waals surface area contributed by atoms with Gasteiger partial charge in [0, 0.05) is 12.6 Å². The fourth-order valence-electron chi connectivity index (χ4n) is 0.200. The van der Waals surface area contributed by atoms with Gasteiger partial charge in [-0.1, -0.05) is 0 Å². The Labute approximate surface area is 48.8 Å². The number of aliphatic hydroxyl groups excluding tert-OH is 1. The van der Waals surface area contributed by atoms with Crippen LogP contribution in [-0.2, 0) is 0 Å².